The molecule has 24 heavy (non-hydrogen) atoms. The molecular weight excluding hydrogens is 304 g/mol. The Kier molecular flexibility index (Phi) is 8.68. The maximum Gasteiger partial charge on any atom is 0.242 e. The Hall–Kier alpha value is -2.24. The Labute approximate surface area is 145 Å². The molecule has 1 N–H and O–H groups in total. The Balaban J connectivity index is 2.78. The Morgan fingerprint density at radius 1 is 1.25 bits per heavy atom. The summed E-state index contributed by atoms with van der Waals surface area (Å²) in [6, 6.07) is 7.84. The summed E-state index contributed by atoms with van der Waals surface area (Å²) in [6.45, 7) is 9.03. The van der Waals surface area contributed by atoms with E-state index in [0.29, 0.717) is 13.1 Å². The van der Waals surface area contributed by atoms with Gasteiger partial charge in [0.15, 0.2) is 5.96 Å². The van der Waals surface area contributed by atoms with Crippen LogP contribution in [0.25, 0.3) is 0 Å². The standard InChI is InChI=1S/C18H30N4O2/c1-6-19-18(21(4)14-17(23)22(7-2)8-3)20-13-15-10-9-11-16(12-15)24-5/h9-12H,6-8,13-14H2,1-5H3,(H,19,20). The number of hydrogen-bond donors (Lipinski definition) is 1. The molecule has 0 aromatic heterocycles. The number of benzene rings is 1. The highest BCUT2D eigenvalue weighted by Gasteiger charge is 2.14. The van der Waals surface area contributed by atoms with E-state index in [0.717, 1.165) is 36.9 Å². The van der Waals surface area contributed by atoms with E-state index in [4.69, 9.17) is 4.74 Å². The van der Waals surface area contributed by atoms with E-state index in [1.165, 1.54) is 0 Å². The summed E-state index contributed by atoms with van der Waals surface area (Å²) < 4.78 is 5.24. The number of amides is 1. The van der Waals surface area contributed by atoms with Crippen molar-refractivity contribution in [1.82, 2.24) is 15.1 Å². The molecule has 0 atom stereocenters. The van der Waals surface area contributed by atoms with Crippen LogP contribution in [-0.2, 0) is 11.3 Å². The van der Waals surface area contributed by atoms with E-state index in [9.17, 15) is 4.79 Å². The van der Waals surface area contributed by atoms with Crippen LogP contribution in [0.5, 0.6) is 5.75 Å². The Bertz CT molecular complexity index is 542. The molecule has 1 aromatic rings. The molecule has 0 saturated carbocycles. The van der Waals surface area contributed by atoms with E-state index in [1.54, 1.807) is 7.11 Å². The van der Waals surface area contributed by atoms with Gasteiger partial charge in [-0.25, -0.2) is 4.99 Å². The second kappa shape index (κ2) is 10.5. The highest BCUT2D eigenvalue weighted by molar-refractivity contribution is 5.86. The van der Waals surface area contributed by atoms with Crippen molar-refractivity contribution in [3.8, 4) is 5.75 Å². The molecule has 0 fully saturated rings. The second-order valence-electron chi connectivity index (χ2n) is 5.44. The van der Waals surface area contributed by atoms with Crippen molar-refractivity contribution in [2.75, 3.05) is 40.3 Å². The summed E-state index contributed by atoms with van der Waals surface area (Å²) >= 11 is 0. The van der Waals surface area contributed by atoms with Gasteiger partial charge in [-0.05, 0) is 38.5 Å². The fraction of sp³-hybridized carbons (Fsp3) is 0.556. The zero-order chi connectivity index (χ0) is 17.9. The maximum absolute atomic E-state index is 12.3. The molecule has 6 heteroatoms. The summed E-state index contributed by atoms with van der Waals surface area (Å²) in [5.74, 6) is 1.65. The molecular formula is C18H30N4O2. The van der Waals surface area contributed by atoms with E-state index in [-0.39, 0.29) is 5.91 Å². The molecule has 1 amide bonds. The summed E-state index contributed by atoms with van der Waals surface area (Å²) in [5.41, 5.74) is 1.06. The third-order valence-corrected chi connectivity index (χ3v) is 3.73. The number of hydrogen-bond acceptors (Lipinski definition) is 3. The first-order valence-electron chi connectivity index (χ1n) is 8.45. The number of likely N-dealkylation sites (N-methyl/N-ethyl adjacent to an activating group) is 2. The highest BCUT2D eigenvalue weighted by Crippen LogP contribution is 2.13. The van der Waals surface area contributed by atoms with Crippen molar-refractivity contribution >= 4 is 11.9 Å². The van der Waals surface area contributed by atoms with Gasteiger partial charge in [0.1, 0.15) is 5.75 Å². The smallest absolute Gasteiger partial charge is 0.242 e. The van der Waals surface area contributed by atoms with Gasteiger partial charge in [0.2, 0.25) is 5.91 Å². The number of methoxy groups -OCH3 is 1. The monoisotopic (exact) mass is 334 g/mol. The largest absolute Gasteiger partial charge is 0.497 e. The van der Waals surface area contributed by atoms with E-state index in [2.05, 4.69) is 10.3 Å². The predicted molar refractivity (Wildman–Crippen MR) is 98.4 cm³/mol. The number of ether oxygens (including phenoxy) is 1. The van der Waals surface area contributed by atoms with Gasteiger partial charge in [-0.3, -0.25) is 4.79 Å². The van der Waals surface area contributed by atoms with Crippen molar-refractivity contribution in [1.29, 1.82) is 0 Å². The second-order valence-corrected chi connectivity index (χ2v) is 5.44. The molecule has 0 saturated heterocycles. The molecule has 0 radical (unpaired) electrons. The van der Waals surface area contributed by atoms with Gasteiger partial charge in [0, 0.05) is 26.7 Å². The summed E-state index contributed by atoms with van der Waals surface area (Å²) in [4.78, 5) is 20.6. The van der Waals surface area contributed by atoms with Gasteiger partial charge < -0.3 is 19.9 Å². The molecule has 1 rings (SSSR count). The highest BCUT2D eigenvalue weighted by atomic mass is 16.5. The first kappa shape index (κ1) is 19.8. The van der Waals surface area contributed by atoms with Crippen LogP contribution in [0.3, 0.4) is 0 Å². The number of carbonyl (C=O) groups excluding carboxylic acids is 1. The van der Waals surface area contributed by atoms with E-state index in [1.807, 2.05) is 61.9 Å². The van der Waals surface area contributed by atoms with Crippen LogP contribution in [0.2, 0.25) is 0 Å². The van der Waals surface area contributed by atoms with Crippen LogP contribution in [-0.4, -0.2) is 62.0 Å². The number of nitrogens with zero attached hydrogens (tertiary/aromatic N) is 3. The normalized spacial score (nSPS) is 11.1. The molecule has 1 aromatic carbocycles. The average molecular weight is 334 g/mol. The van der Waals surface area contributed by atoms with Crippen molar-refractivity contribution in [3.63, 3.8) is 0 Å². The SMILES string of the molecule is CCNC(=NCc1cccc(OC)c1)N(C)CC(=O)N(CC)CC. The molecule has 0 aliphatic rings. The van der Waals surface area contributed by atoms with Gasteiger partial charge >= 0.3 is 0 Å². The summed E-state index contributed by atoms with van der Waals surface area (Å²) in [6.07, 6.45) is 0. The molecule has 0 spiro atoms. The first-order valence-corrected chi connectivity index (χ1v) is 8.45. The Morgan fingerprint density at radius 3 is 2.54 bits per heavy atom. The average Bonchev–Trinajstić information content (AvgIpc) is 2.59. The lowest BCUT2D eigenvalue weighted by molar-refractivity contribution is -0.131. The van der Waals surface area contributed by atoms with Crippen molar-refractivity contribution in [2.45, 2.75) is 27.3 Å². The van der Waals surface area contributed by atoms with Crippen LogP contribution in [0.4, 0.5) is 0 Å². The van der Waals surface area contributed by atoms with Gasteiger partial charge in [0.25, 0.3) is 0 Å². The van der Waals surface area contributed by atoms with Gasteiger partial charge in [-0.2, -0.15) is 0 Å². The quantitative estimate of drug-likeness (QED) is 0.583. The van der Waals surface area contributed by atoms with Crippen LogP contribution in [0.15, 0.2) is 29.3 Å². The Morgan fingerprint density at radius 2 is 1.96 bits per heavy atom. The molecule has 6 nitrogen and oxygen atoms in total. The molecule has 134 valence electrons. The van der Waals surface area contributed by atoms with Crippen molar-refractivity contribution in [3.05, 3.63) is 29.8 Å². The third-order valence-electron chi connectivity index (χ3n) is 3.73. The van der Waals surface area contributed by atoms with Gasteiger partial charge in [-0.1, -0.05) is 12.1 Å². The number of rotatable bonds is 8. The van der Waals surface area contributed by atoms with Crippen LogP contribution in [0, 0.1) is 0 Å². The lowest BCUT2D eigenvalue weighted by atomic mass is 10.2. The van der Waals surface area contributed by atoms with E-state index >= 15 is 0 Å². The predicted octanol–water partition coefficient (Wildman–Crippen LogP) is 1.96. The number of aliphatic imine (C=N–C) groups is 1. The number of nitrogens with one attached hydrogen (secondary N) is 1. The summed E-state index contributed by atoms with van der Waals surface area (Å²) in [5, 5.41) is 3.24. The van der Waals surface area contributed by atoms with Crippen LogP contribution >= 0.6 is 0 Å². The number of guanidine groups is 1. The molecule has 0 aliphatic carbocycles. The third kappa shape index (κ3) is 6.10. The van der Waals surface area contributed by atoms with Crippen LogP contribution < -0.4 is 10.1 Å². The molecule has 0 aliphatic heterocycles. The zero-order valence-corrected chi connectivity index (χ0v) is 15.5. The minimum Gasteiger partial charge on any atom is -0.497 e. The fourth-order valence-corrected chi connectivity index (χ4v) is 2.36. The minimum atomic E-state index is 0.106. The summed E-state index contributed by atoms with van der Waals surface area (Å²) in [7, 11) is 3.54. The van der Waals surface area contributed by atoms with Crippen molar-refractivity contribution < 1.29 is 9.53 Å². The van der Waals surface area contributed by atoms with E-state index < -0.39 is 0 Å². The maximum atomic E-state index is 12.3. The lowest BCUT2D eigenvalue weighted by Crippen LogP contribution is -2.45. The topological polar surface area (TPSA) is 57.2 Å². The molecule has 0 unspecified atom stereocenters. The fourth-order valence-electron chi connectivity index (χ4n) is 2.36. The van der Waals surface area contributed by atoms with Crippen molar-refractivity contribution in [2.24, 2.45) is 4.99 Å². The molecule has 0 heterocycles. The first-order chi connectivity index (χ1) is 11.5. The van der Waals surface area contributed by atoms with Crippen LogP contribution in [0.1, 0.15) is 26.3 Å². The lowest BCUT2D eigenvalue weighted by Gasteiger charge is -2.25. The zero-order valence-electron chi connectivity index (χ0n) is 15.5. The van der Waals surface area contributed by atoms with Gasteiger partial charge in [-0.15, -0.1) is 0 Å². The van der Waals surface area contributed by atoms with Gasteiger partial charge in [0.05, 0.1) is 20.2 Å². The number of carbonyl (C=O) groups is 1. The molecule has 0 bridgehead atoms. The minimum absolute atomic E-state index is 0.106.